The molecule has 0 aromatic heterocycles. The van der Waals surface area contributed by atoms with E-state index in [9.17, 15) is 9.59 Å². The lowest BCUT2D eigenvalue weighted by Gasteiger charge is -2.05. The van der Waals surface area contributed by atoms with Gasteiger partial charge in [0.1, 0.15) is 18.1 Å². The van der Waals surface area contributed by atoms with E-state index in [0.717, 1.165) is 11.3 Å². The number of carbonyl (C=O) groups is 2. The lowest BCUT2D eigenvalue weighted by Crippen LogP contribution is -2.12. The third kappa shape index (κ3) is 5.94. The average Bonchev–Trinajstić information content (AvgIpc) is 2.69. The Morgan fingerprint density at radius 3 is 2.19 bits per heavy atom. The van der Waals surface area contributed by atoms with Gasteiger partial charge < -0.3 is 14.2 Å². The Labute approximate surface area is 152 Å². The highest BCUT2D eigenvalue weighted by atomic mass is 16.6. The third-order valence-corrected chi connectivity index (χ3v) is 3.40. The summed E-state index contributed by atoms with van der Waals surface area (Å²) in [7, 11) is 1.29. The predicted octanol–water partition coefficient (Wildman–Crippen LogP) is 3.70. The van der Waals surface area contributed by atoms with Crippen LogP contribution in [-0.2, 0) is 9.53 Å². The van der Waals surface area contributed by atoms with E-state index in [2.05, 4.69) is 11.3 Å². The molecule has 0 radical (unpaired) electrons. The number of carbonyl (C=O) groups excluding carboxylic acids is 2. The molecular weight excluding hydrogens is 332 g/mol. The molecular formula is C21H20O5. The van der Waals surface area contributed by atoms with Gasteiger partial charge in [0.2, 0.25) is 0 Å². The van der Waals surface area contributed by atoms with Crippen LogP contribution in [0.15, 0.2) is 67.3 Å². The van der Waals surface area contributed by atoms with E-state index in [4.69, 9.17) is 9.47 Å². The Morgan fingerprint density at radius 1 is 0.962 bits per heavy atom. The van der Waals surface area contributed by atoms with Crippen molar-refractivity contribution in [3.05, 3.63) is 78.4 Å². The van der Waals surface area contributed by atoms with Crippen LogP contribution >= 0.6 is 0 Å². The number of hydrogen-bond acceptors (Lipinski definition) is 5. The summed E-state index contributed by atoms with van der Waals surface area (Å²) in [6.07, 6.45) is 4.92. The molecule has 0 spiro atoms. The van der Waals surface area contributed by atoms with Crippen molar-refractivity contribution in [2.24, 2.45) is 0 Å². The van der Waals surface area contributed by atoms with Gasteiger partial charge in [-0.25, -0.2) is 4.79 Å². The maximum Gasteiger partial charge on any atom is 0.343 e. The minimum atomic E-state index is -0.464. The predicted molar refractivity (Wildman–Crippen MR) is 99.5 cm³/mol. The fourth-order valence-corrected chi connectivity index (χ4v) is 2.02. The van der Waals surface area contributed by atoms with Crippen molar-refractivity contribution in [3.63, 3.8) is 0 Å². The maximum absolute atomic E-state index is 12.2. The fraction of sp³-hybridized carbons (Fsp3) is 0.143. The zero-order valence-corrected chi connectivity index (χ0v) is 14.5. The van der Waals surface area contributed by atoms with Crippen LogP contribution in [0, 0.1) is 0 Å². The summed E-state index contributed by atoms with van der Waals surface area (Å²) in [5.74, 6) is 0.646. The number of ether oxygens (including phenoxy) is 3. The zero-order chi connectivity index (χ0) is 18.8. The monoisotopic (exact) mass is 352 g/mol. The van der Waals surface area contributed by atoms with Crippen LogP contribution in [-0.4, -0.2) is 32.1 Å². The van der Waals surface area contributed by atoms with Crippen LogP contribution in [0.1, 0.15) is 15.9 Å². The van der Waals surface area contributed by atoms with Gasteiger partial charge in [0.05, 0.1) is 7.11 Å². The van der Waals surface area contributed by atoms with Crippen LogP contribution in [0.5, 0.6) is 11.5 Å². The third-order valence-electron chi connectivity index (χ3n) is 3.40. The number of rotatable bonds is 9. The second-order valence-electron chi connectivity index (χ2n) is 5.26. The number of methoxy groups -OCH3 is 1. The molecule has 0 aliphatic heterocycles. The van der Waals surface area contributed by atoms with Crippen molar-refractivity contribution < 1.29 is 23.8 Å². The Balaban J connectivity index is 1.93. The number of benzene rings is 2. The second kappa shape index (κ2) is 9.84. The van der Waals surface area contributed by atoms with Crippen LogP contribution in [0.3, 0.4) is 0 Å². The minimum Gasteiger partial charge on any atom is -0.490 e. The van der Waals surface area contributed by atoms with Crippen LogP contribution < -0.4 is 9.47 Å². The number of ketones is 1. The lowest BCUT2D eigenvalue weighted by atomic mass is 10.1. The Bertz CT molecular complexity index is 773. The first-order chi connectivity index (χ1) is 12.6. The molecule has 0 aliphatic carbocycles. The summed E-state index contributed by atoms with van der Waals surface area (Å²) in [4.78, 5) is 23.2. The molecule has 0 bridgehead atoms. The zero-order valence-electron chi connectivity index (χ0n) is 14.5. The van der Waals surface area contributed by atoms with E-state index >= 15 is 0 Å². The average molecular weight is 352 g/mol. The molecule has 0 saturated heterocycles. The van der Waals surface area contributed by atoms with Gasteiger partial charge in [-0.3, -0.25) is 4.79 Å². The normalized spacial score (nSPS) is 10.3. The summed E-state index contributed by atoms with van der Waals surface area (Å²) in [6, 6.07) is 14.0. The molecule has 0 unspecified atom stereocenters. The van der Waals surface area contributed by atoms with Gasteiger partial charge in [-0.1, -0.05) is 30.9 Å². The van der Waals surface area contributed by atoms with Gasteiger partial charge in [-0.05, 0) is 48.0 Å². The molecule has 0 amide bonds. The molecule has 2 aromatic carbocycles. The molecule has 0 N–H and O–H groups in total. The maximum atomic E-state index is 12.2. The van der Waals surface area contributed by atoms with Crippen LogP contribution in [0.25, 0.3) is 6.08 Å². The SMILES string of the molecule is C=CCOc1ccc(C=CC(=O)c2ccc(OCC(=O)OC)cc2)cc1. The molecule has 2 aromatic rings. The summed E-state index contributed by atoms with van der Waals surface area (Å²) in [5.41, 5.74) is 1.42. The van der Waals surface area contributed by atoms with E-state index in [1.165, 1.54) is 13.2 Å². The molecule has 0 aliphatic rings. The van der Waals surface area contributed by atoms with E-state index in [1.807, 2.05) is 24.3 Å². The summed E-state index contributed by atoms with van der Waals surface area (Å²) >= 11 is 0. The van der Waals surface area contributed by atoms with E-state index < -0.39 is 5.97 Å². The Hall–Kier alpha value is -3.34. The van der Waals surface area contributed by atoms with Gasteiger partial charge >= 0.3 is 5.97 Å². The highest BCUT2D eigenvalue weighted by molar-refractivity contribution is 6.06. The van der Waals surface area contributed by atoms with E-state index in [0.29, 0.717) is 17.9 Å². The largest absolute Gasteiger partial charge is 0.490 e. The summed E-state index contributed by atoms with van der Waals surface area (Å²) in [6.45, 7) is 3.88. The quantitative estimate of drug-likeness (QED) is 0.298. The second-order valence-corrected chi connectivity index (χ2v) is 5.26. The smallest absolute Gasteiger partial charge is 0.343 e. The topological polar surface area (TPSA) is 61.8 Å². The minimum absolute atomic E-state index is 0.128. The van der Waals surface area contributed by atoms with Crippen molar-refractivity contribution in [1.82, 2.24) is 0 Å². The molecule has 0 fully saturated rings. The number of esters is 1. The van der Waals surface area contributed by atoms with Crippen LogP contribution in [0.4, 0.5) is 0 Å². The van der Waals surface area contributed by atoms with Gasteiger partial charge in [0, 0.05) is 5.56 Å². The highest BCUT2D eigenvalue weighted by Crippen LogP contribution is 2.15. The Kier molecular flexibility index (Phi) is 7.18. The van der Waals surface area contributed by atoms with Crippen molar-refractivity contribution in [3.8, 4) is 11.5 Å². The summed E-state index contributed by atoms with van der Waals surface area (Å²) < 4.78 is 15.1. The Morgan fingerprint density at radius 2 is 1.58 bits per heavy atom. The first-order valence-corrected chi connectivity index (χ1v) is 7.98. The van der Waals surface area contributed by atoms with Crippen molar-refractivity contribution in [2.45, 2.75) is 0 Å². The molecule has 5 heteroatoms. The first-order valence-electron chi connectivity index (χ1n) is 7.98. The van der Waals surface area contributed by atoms with Crippen LogP contribution in [0.2, 0.25) is 0 Å². The van der Waals surface area contributed by atoms with Gasteiger partial charge in [0.25, 0.3) is 0 Å². The van der Waals surface area contributed by atoms with Crippen molar-refractivity contribution in [1.29, 1.82) is 0 Å². The van der Waals surface area contributed by atoms with Crippen molar-refractivity contribution in [2.75, 3.05) is 20.3 Å². The standard InChI is InChI=1S/C21H20O5/c1-3-14-25-18-9-4-16(5-10-18)6-13-20(22)17-7-11-19(12-8-17)26-15-21(23)24-2/h3-13H,1,14-15H2,2H3. The van der Waals surface area contributed by atoms with E-state index in [-0.39, 0.29) is 12.4 Å². The number of allylic oxidation sites excluding steroid dienone is 1. The molecule has 5 nitrogen and oxygen atoms in total. The van der Waals surface area contributed by atoms with Gasteiger partial charge in [-0.15, -0.1) is 0 Å². The lowest BCUT2D eigenvalue weighted by molar-refractivity contribution is -0.142. The molecule has 0 atom stereocenters. The summed E-state index contributed by atoms with van der Waals surface area (Å²) in [5, 5.41) is 0. The van der Waals surface area contributed by atoms with Gasteiger partial charge in [-0.2, -0.15) is 0 Å². The molecule has 26 heavy (non-hydrogen) atoms. The van der Waals surface area contributed by atoms with E-state index in [1.54, 1.807) is 36.4 Å². The van der Waals surface area contributed by atoms with Gasteiger partial charge in [0.15, 0.2) is 12.4 Å². The molecule has 2 rings (SSSR count). The fourth-order valence-electron chi connectivity index (χ4n) is 2.02. The molecule has 0 heterocycles. The van der Waals surface area contributed by atoms with Crippen molar-refractivity contribution >= 4 is 17.8 Å². The highest BCUT2D eigenvalue weighted by Gasteiger charge is 2.04. The first kappa shape index (κ1) is 19.0. The molecule has 0 saturated carbocycles. The number of hydrogen-bond donors (Lipinski definition) is 0. The molecule has 134 valence electrons.